The number of hydrogen-bond donors (Lipinski definition) is 2. The van der Waals surface area contributed by atoms with Gasteiger partial charge in [0.05, 0.1) is 0 Å². The molecule has 0 aliphatic heterocycles. The normalized spacial score (nSPS) is 30.7. The molecule has 0 bridgehead atoms. The monoisotopic (exact) mass is 387 g/mol. The van der Waals surface area contributed by atoms with Gasteiger partial charge in [0.2, 0.25) is 0 Å². The van der Waals surface area contributed by atoms with E-state index in [1.807, 2.05) is 6.92 Å². The molecule has 0 aromatic carbocycles. The number of hydrazone groups is 1. The maximum atomic E-state index is 10.7. The second-order valence-electron chi connectivity index (χ2n) is 10.1. The summed E-state index contributed by atoms with van der Waals surface area (Å²) in [7, 11) is 0. The minimum Gasteiger partial charge on any atom is -0.350 e. The fourth-order valence-electron chi connectivity index (χ4n) is 6.02. The zero-order valence-corrected chi connectivity index (χ0v) is 18.7. The molecule has 3 N–H and O–H groups in total. The Morgan fingerprint density at radius 1 is 1.29 bits per heavy atom. The first kappa shape index (κ1) is 22.7. The van der Waals surface area contributed by atoms with Crippen molar-refractivity contribution >= 4 is 11.7 Å². The van der Waals surface area contributed by atoms with Crippen molar-refractivity contribution in [2.45, 2.75) is 92.4 Å². The highest BCUT2D eigenvalue weighted by molar-refractivity contribution is 5.83. The summed E-state index contributed by atoms with van der Waals surface area (Å²) in [6.45, 7) is 16.2. The first-order valence-corrected chi connectivity index (χ1v) is 11.0. The van der Waals surface area contributed by atoms with Crippen LogP contribution in [0.4, 0.5) is 4.79 Å². The number of nitrogens with two attached hydrogens (primary N) is 1. The molecular weight excluding hydrogens is 346 g/mol. The van der Waals surface area contributed by atoms with Gasteiger partial charge in [0.1, 0.15) is 0 Å². The summed E-state index contributed by atoms with van der Waals surface area (Å²) in [5.74, 6) is 1.47. The zero-order valence-electron chi connectivity index (χ0n) is 18.7. The van der Waals surface area contributed by atoms with E-state index in [1.165, 1.54) is 49.7 Å². The Balaban J connectivity index is 1.93. The van der Waals surface area contributed by atoms with Crippen molar-refractivity contribution in [3.63, 3.8) is 0 Å². The van der Waals surface area contributed by atoms with Crippen molar-refractivity contribution in [3.05, 3.63) is 23.8 Å². The Hall–Kier alpha value is -1.58. The number of fused-ring (bicyclic) bond motifs is 1. The number of primary amides is 1. The molecule has 2 rings (SSSR count). The summed E-state index contributed by atoms with van der Waals surface area (Å²) in [6, 6.07) is -0.614. The maximum Gasteiger partial charge on any atom is 0.332 e. The first-order chi connectivity index (χ1) is 13.1. The van der Waals surface area contributed by atoms with Crippen LogP contribution < -0.4 is 11.2 Å². The lowest BCUT2D eigenvalue weighted by Crippen LogP contribution is -2.49. The van der Waals surface area contributed by atoms with Crippen molar-refractivity contribution in [2.24, 2.45) is 33.5 Å². The molecule has 0 unspecified atom stereocenters. The van der Waals surface area contributed by atoms with Crippen molar-refractivity contribution in [1.29, 1.82) is 0 Å². The van der Waals surface area contributed by atoms with Crippen LogP contribution >= 0.6 is 0 Å². The summed E-state index contributed by atoms with van der Waals surface area (Å²) in [4.78, 5) is 10.7. The minimum atomic E-state index is -0.614. The molecular formula is C24H41N3O. The van der Waals surface area contributed by atoms with Crippen LogP contribution in [-0.2, 0) is 0 Å². The average molecular weight is 388 g/mol. The van der Waals surface area contributed by atoms with Gasteiger partial charge in [0, 0.05) is 5.71 Å². The molecule has 2 fully saturated rings. The van der Waals surface area contributed by atoms with E-state index in [9.17, 15) is 4.79 Å². The largest absolute Gasteiger partial charge is 0.350 e. The van der Waals surface area contributed by atoms with Gasteiger partial charge in [0.15, 0.2) is 0 Å². The summed E-state index contributed by atoms with van der Waals surface area (Å²) < 4.78 is 0. The predicted octanol–water partition coefficient (Wildman–Crippen LogP) is 6.34. The Morgan fingerprint density at radius 3 is 2.68 bits per heavy atom. The molecule has 28 heavy (non-hydrogen) atoms. The standard InChI is InChI=1S/C24H41N3O/c1-17(9-7-10-19(3)26-27-22(25)28)11-13-20-18(2)12-14-21-23(4,5)15-8-16-24(20,21)6/h9,20-21H,2,7-8,10-16H2,1,3-6H3,(H3,25,27,28)/b17-9-,26-19-/t20-,21-,24-/m1/s1. The van der Waals surface area contributed by atoms with E-state index in [2.05, 4.69) is 50.9 Å². The van der Waals surface area contributed by atoms with Crippen LogP contribution in [0.5, 0.6) is 0 Å². The summed E-state index contributed by atoms with van der Waals surface area (Å²) >= 11 is 0. The van der Waals surface area contributed by atoms with Crippen LogP contribution in [0.1, 0.15) is 92.4 Å². The number of amides is 2. The molecule has 158 valence electrons. The summed E-state index contributed by atoms with van der Waals surface area (Å²) in [5.41, 5.74) is 12.0. The van der Waals surface area contributed by atoms with E-state index < -0.39 is 6.03 Å². The van der Waals surface area contributed by atoms with E-state index in [-0.39, 0.29) is 0 Å². The quantitative estimate of drug-likeness (QED) is 0.299. The van der Waals surface area contributed by atoms with Gasteiger partial charge in [-0.25, -0.2) is 10.2 Å². The molecule has 2 aliphatic rings. The van der Waals surface area contributed by atoms with Crippen LogP contribution in [0.3, 0.4) is 0 Å². The van der Waals surface area contributed by atoms with Gasteiger partial charge in [-0.15, -0.1) is 0 Å². The van der Waals surface area contributed by atoms with Crippen molar-refractivity contribution in [1.82, 2.24) is 5.43 Å². The van der Waals surface area contributed by atoms with Gasteiger partial charge in [-0.05, 0) is 87.9 Å². The lowest BCUT2D eigenvalue weighted by molar-refractivity contribution is -0.0539. The molecule has 0 heterocycles. The Kier molecular flexibility index (Phi) is 7.52. The molecule has 4 heteroatoms. The van der Waals surface area contributed by atoms with Gasteiger partial charge in [0.25, 0.3) is 0 Å². The topological polar surface area (TPSA) is 67.5 Å². The number of carbonyl (C=O) groups excluding carboxylic acids is 1. The molecule has 2 aliphatic carbocycles. The van der Waals surface area contributed by atoms with Gasteiger partial charge in [-0.1, -0.05) is 51.0 Å². The van der Waals surface area contributed by atoms with Crippen LogP contribution in [0.2, 0.25) is 0 Å². The second-order valence-corrected chi connectivity index (χ2v) is 10.1. The molecule has 2 saturated carbocycles. The van der Waals surface area contributed by atoms with E-state index in [1.54, 1.807) is 0 Å². The number of rotatable bonds is 7. The molecule has 3 atom stereocenters. The minimum absolute atomic E-state index is 0.418. The fraction of sp³-hybridized carbons (Fsp3) is 0.750. The van der Waals surface area contributed by atoms with E-state index >= 15 is 0 Å². The lowest BCUT2D eigenvalue weighted by atomic mass is 9.47. The zero-order chi connectivity index (χ0) is 20.9. The van der Waals surface area contributed by atoms with Crippen LogP contribution in [0.15, 0.2) is 28.9 Å². The smallest absolute Gasteiger partial charge is 0.332 e. The molecule has 0 saturated heterocycles. The number of hydrogen-bond acceptors (Lipinski definition) is 2. The third kappa shape index (κ3) is 5.48. The van der Waals surface area contributed by atoms with Gasteiger partial charge < -0.3 is 5.73 Å². The molecule has 0 radical (unpaired) electrons. The molecule has 0 spiro atoms. The van der Waals surface area contributed by atoms with E-state index in [4.69, 9.17) is 5.73 Å². The number of nitrogens with one attached hydrogen (secondary N) is 1. The molecule has 0 aromatic rings. The third-order valence-electron chi connectivity index (χ3n) is 7.50. The highest BCUT2D eigenvalue weighted by Crippen LogP contribution is 2.61. The SMILES string of the molecule is C=C1CC[C@@H]2C(C)(C)CCC[C@]2(C)[C@@H]1CC/C(C)=C\CC/C(C)=N\NC(N)=O. The maximum absolute atomic E-state index is 10.7. The lowest BCUT2D eigenvalue weighted by Gasteiger charge is -2.58. The highest BCUT2D eigenvalue weighted by Gasteiger charge is 2.52. The van der Waals surface area contributed by atoms with Gasteiger partial charge >= 0.3 is 6.03 Å². The fourth-order valence-corrected chi connectivity index (χ4v) is 6.02. The van der Waals surface area contributed by atoms with E-state index in [0.717, 1.165) is 30.9 Å². The molecule has 2 amide bonds. The Bertz CT molecular complexity index is 646. The third-order valence-corrected chi connectivity index (χ3v) is 7.50. The second kappa shape index (κ2) is 9.28. The number of carbonyl (C=O) groups is 1. The van der Waals surface area contributed by atoms with Crippen molar-refractivity contribution < 1.29 is 4.79 Å². The first-order valence-electron chi connectivity index (χ1n) is 11.0. The summed E-state index contributed by atoms with van der Waals surface area (Å²) in [6.07, 6.45) is 13.1. The van der Waals surface area contributed by atoms with Crippen molar-refractivity contribution in [2.75, 3.05) is 0 Å². The Morgan fingerprint density at radius 2 is 2.00 bits per heavy atom. The average Bonchev–Trinajstić information content (AvgIpc) is 2.58. The molecule has 0 aromatic heterocycles. The van der Waals surface area contributed by atoms with Crippen molar-refractivity contribution in [3.8, 4) is 0 Å². The van der Waals surface area contributed by atoms with Crippen LogP contribution in [0, 0.1) is 22.7 Å². The number of nitrogens with zero attached hydrogens (tertiary/aromatic N) is 1. The van der Waals surface area contributed by atoms with E-state index in [0.29, 0.717) is 16.7 Å². The number of allylic oxidation sites excluding steroid dienone is 3. The van der Waals surface area contributed by atoms with Gasteiger partial charge in [-0.3, -0.25) is 0 Å². The Labute approximate surface area is 172 Å². The number of urea groups is 1. The summed E-state index contributed by atoms with van der Waals surface area (Å²) in [5, 5.41) is 3.97. The highest BCUT2D eigenvalue weighted by atomic mass is 16.2. The predicted molar refractivity (Wildman–Crippen MR) is 119 cm³/mol. The van der Waals surface area contributed by atoms with Crippen LogP contribution in [-0.4, -0.2) is 11.7 Å². The van der Waals surface area contributed by atoms with Crippen LogP contribution in [0.25, 0.3) is 0 Å². The van der Waals surface area contributed by atoms with Gasteiger partial charge in [-0.2, -0.15) is 5.10 Å². The molecule has 4 nitrogen and oxygen atoms in total.